The van der Waals surface area contributed by atoms with E-state index >= 15 is 0 Å². The number of nitrogens with one attached hydrogen (secondary N) is 2. The summed E-state index contributed by atoms with van der Waals surface area (Å²) in [4.78, 5) is 18.6. The summed E-state index contributed by atoms with van der Waals surface area (Å²) in [6.07, 6.45) is -4.56. The lowest BCUT2D eigenvalue weighted by Crippen LogP contribution is -2.63. The zero-order valence-corrected chi connectivity index (χ0v) is 18.1. The molecule has 1 aliphatic rings. The van der Waals surface area contributed by atoms with Crippen molar-refractivity contribution in [1.82, 2.24) is 20.4 Å². The molecule has 0 aliphatic carbocycles. The number of rotatable bonds is 5. The van der Waals surface area contributed by atoms with Gasteiger partial charge in [0.15, 0.2) is 5.96 Å². The third-order valence-corrected chi connectivity index (χ3v) is 3.33. The Morgan fingerprint density at radius 3 is 2.35 bits per heavy atom. The molecule has 7 nitrogen and oxygen atoms in total. The standard InChI is InChI=1S/C15H28F3N5O2.HI/c1-14(2,3)25-13(24)23-8-11(9-23)21-12(19-4)20-6-7-22(5)10-15(16,17)18;/h11H,6-10H2,1-5H3,(H2,19,20,21);1H. The molecule has 0 atom stereocenters. The number of aliphatic imine (C=N–C) groups is 1. The van der Waals surface area contributed by atoms with Crippen LogP contribution in [0.25, 0.3) is 0 Å². The van der Waals surface area contributed by atoms with E-state index in [4.69, 9.17) is 4.74 Å². The van der Waals surface area contributed by atoms with Gasteiger partial charge in [-0.05, 0) is 27.8 Å². The molecule has 1 saturated heterocycles. The van der Waals surface area contributed by atoms with Crippen molar-refractivity contribution in [3.8, 4) is 0 Å². The minimum absolute atomic E-state index is 0. The number of amides is 1. The lowest BCUT2D eigenvalue weighted by Gasteiger charge is -2.40. The van der Waals surface area contributed by atoms with E-state index in [1.54, 1.807) is 11.9 Å². The van der Waals surface area contributed by atoms with E-state index in [2.05, 4.69) is 15.6 Å². The van der Waals surface area contributed by atoms with Crippen LogP contribution in [-0.4, -0.2) is 86.5 Å². The molecule has 26 heavy (non-hydrogen) atoms. The van der Waals surface area contributed by atoms with Crippen molar-refractivity contribution < 1.29 is 22.7 Å². The Kier molecular flexibility index (Phi) is 9.99. The van der Waals surface area contributed by atoms with Crippen molar-refractivity contribution in [3.05, 3.63) is 0 Å². The smallest absolute Gasteiger partial charge is 0.410 e. The molecule has 0 aromatic heterocycles. The van der Waals surface area contributed by atoms with Gasteiger partial charge in [0.2, 0.25) is 0 Å². The van der Waals surface area contributed by atoms with E-state index < -0.39 is 18.3 Å². The Morgan fingerprint density at radius 1 is 1.31 bits per heavy atom. The largest absolute Gasteiger partial charge is 0.444 e. The van der Waals surface area contributed by atoms with E-state index in [1.807, 2.05) is 20.8 Å². The molecule has 11 heteroatoms. The SMILES string of the molecule is CN=C(NCCN(C)CC(F)(F)F)NC1CN(C(=O)OC(C)(C)C)C1.I. The number of hydrogen-bond acceptors (Lipinski definition) is 4. The van der Waals surface area contributed by atoms with Gasteiger partial charge in [0.05, 0.1) is 12.6 Å². The number of hydrogen-bond donors (Lipinski definition) is 2. The number of ether oxygens (including phenoxy) is 1. The van der Waals surface area contributed by atoms with Gasteiger partial charge in [0, 0.05) is 33.2 Å². The molecule has 0 saturated carbocycles. The van der Waals surface area contributed by atoms with Gasteiger partial charge in [-0.2, -0.15) is 13.2 Å². The number of carbonyl (C=O) groups excluding carboxylic acids is 1. The quantitative estimate of drug-likeness (QED) is 0.347. The monoisotopic (exact) mass is 495 g/mol. The summed E-state index contributed by atoms with van der Waals surface area (Å²) in [7, 11) is 3.00. The third kappa shape index (κ3) is 10.2. The van der Waals surface area contributed by atoms with Gasteiger partial charge in [0.25, 0.3) is 0 Å². The van der Waals surface area contributed by atoms with Crippen LogP contribution in [0, 0.1) is 0 Å². The first kappa shape index (κ1) is 25.0. The van der Waals surface area contributed by atoms with Crippen molar-refractivity contribution in [2.24, 2.45) is 4.99 Å². The average molecular weight is 495 g/mol. The molecule has 0 unspecified atom stereocenters. The fourth-order valence-electron chi connectivity index (χ4n) is 2.18. The minimum Gasteiger partial charge on any atom is -0.444 e. The highest BCUT2D eigenvalue weighted by Gasteiger charge is 2.34. The molecular formula is C15H29F3IN5O2. The molecule has 0 radical (unpaired) electrons. The van der Waals surface area contributed by atoms with Crippen molar-refractivity contribution >= 4 is 36.0 Å². The molecule has 0 spiro atoms. The maximum absolute atomic E-state index is 12.2. The topological polar surface area (TPSA) is 69.2 Å². The summed E-state index contributed by atoms with van der Waals surface area (Å²) in [5.41, 5.74) is -0.532. The minimum atomic E-state index is -4.20. The number of alkyl halides is 3. The normalized spacial score (nSPS) is 16.0. The van der Waals surface area contributed by atoms with Gasteiger partial charge in [-0.3, -0.25) is 9.89 Å². The first-order valence-electron chi connectivity index (χ1n) is 8.10. The lowest BCUT2D eigenvalue weighted by molar-refractivity contribution is -0.142. The van der Waals surface area contributed by atoms with Crippen molar-refractivity contribution in [2.75, 3.05) is 46.8 Å². The number of likely N-dealkylation sites (tertiary alicyclic amines) is 1. The van der Waals surface area contributed by atoms with Crippen LogP contribution in [0.15, 0.2) is 4.99 Å². The maximum atomic E-state index is 12.2. The Morgan fingerprint density at radius 2 is 1.88 bits per heavy atom. The molecule has 1 amide bonds. The number of guanidine groups is 1. The van der Waals surface area contributed by atoms with Gasteiger partial charge < -0.3 is 20.3 Å². The molecule has 154 valence electrons. The predicted octanol–water partition coefficient (Wildman–Crippen LogP) is 1.88. The Bertz CT molecular complexity index is 477. The first-order valence-corrected chi connectivity index (χ1v) is 8.10. The van der Waals surface area contributed by atoms with Crippen LogP contribution in [0.4, 0.5) is 18.0 Å². The molecule has 1 aliphatic heterocycles. The molecule has 1 fully saturated rings. The molecule has 0 aromatic rings. The Labute approximate surface area is 169 Å². The van der Waals surface area contributed by atoms with E-state index in [0.717, 1.165) is 0 Å². The lowest BCUT2D eigenvalue weighted by atomic mass is 10.1. The molecule has 1 heterocycles. The third-order valence-electron chi connectivity index (χ3n) is 3.33. The zero-order valence-electron chi connectivity index (χ0n) is 15.8. The van der Waals surface area contributed by atoms with E-state index in [0.29, 0.717) is 25.6 Å². The predicted molar refractivity (Wildman–Crippen MR) is 105 cm³/mol. The molecule has 0 bridgehead atoms. The average Bonchev–Trinajstić information content (AvgIpc) is 2.35. The Balaban J connectivity index is 0.00000625. The summed E-state index contributed by atoms with van der Waals surface area (Å²) in [5.74, 6) is 0.495. The van der Waals surface area contributed by atoms with E-state index in [1.165, 1.54) is 11.9 Å². The molecule has 1 rings (SSSR count). The van der Waals surface area contributed by atoms with Crippen LogP contribution in [0.2, 0.25) is 0 Å². The van der Waals surface area contributed by atoms with Gasteiger partial charge >= 0.3 is 12.3 Å². The van der Waals surface area contributed by atoms with Crippen LogP contribution in [0.1, 0.15) is 20.8 Å². The van der Waals surface area contributed by atoms with E-state index in [9.17, 15) is 18.0 Å². The van der Waals surface area contributed by atoms with Crippen LogP contribution in [0.5, 0.6) is 0 Å². The fourth-order valence-corrected chi connectivity index (χ4v) is 2.18. The number of nitrogens with zero attached hydrogens (tertiary/aromatic N) is 3. The molecule has 2 N–H and O–H groups in total. The summed E-state index contributed by atoms with van der Waals surface area (Å²) >= 11 is 0. The molecule has 0 aromatic carbocycles. The van der Waals surface area contributed by atoms with Crippen LogP contribution >= 0.6 is 24.0 Å². The van der Waals surface area contributed by atoms with Crippen LogP contribution in [-0.2, 0) is 4.74 Å². The second kappa shape index (κ2) is 10.4. The van der Waals surface area contributed by atoms with Gasteiger partial charge in [-0.1, -0.05) is 0 Å². The fraction of sp³-hybridized carbons (Fsp3) is 0.867. The van der Waals surface area contributed by atoms with Gasteiger partial charge in [-0.25, -0.2) is 4.79 Å². The Hall–Kier alpha value is -0.980. The maximum Gasteiger partial charge on any atom is 0.410 e. The number of likely N-dealkylation sites (N-methyl/N-ethyl adjacent to an activating group) is 1. The van der Waals surface area contributed by atoms with Crippen LogP contribution in [0.3, 0.4) is 0 Å². The van der Waals surface area contributed by atoms with Crippen molar-refractivity contribution in [1.29, 1.82) is 0 Å². The van der Waals surface area contributed by atoms with Gasteiger partial charge in [-0.15, -0.1) is 24.0 Å². The highest BCUT2D eigenvalue weighted by atomic mass is 127. The number of carbonyl (C=O) groups is 1. The highest BCUT2D eigenvalue weighted by Crippen LogP contribution is 2.16. The second-order valence-corrected chi connectivity index (χ2v) is 7.08. The highest BCUT2D eigenvalue weighted by molar-refractivity contribution is 14.0. The second-order valence-electron chi connectivity index (χ2n) is 7.08. The summed E-state index contributed by atoms with van der Waals surface area (Å²) in [5, 5.41) is 6.08. The zero-order chi connectivity index (χ0) is 19.3. The van der Waals surface area contributed by atoms with Gasteiger partial charge in [0.1, 0.15) is 5.60 Å². The summed E-state index contributed by atoms with van der Waals surface area (Å²) < 4.78 is 42.0. The summed E-state index contributed by atoms with van der Waals surface area (Å²) in [6, 6.07) is 0.0339. The first-order chi connectivity index (χ1) is 11.4. The van der Waals surface area contributed by atoms with E-state index in [-0.39, 0.29) is 42.7 Å². The summed E-state index contributed by atoms with van der Waals surface area (Å²) in [6.45, 7) is 6.01. The van der Waals surface area contributed by atoms with Crippen LogP contribution < -0.4 is 10.6 Å². The van der Waals surface area contributed by atoms with Crippen molar-refractivity contribution in [2.45, 2.75) is 38.6 Å². The molecular weight excluding hydrogens is 466 g/mol. The number of halogens is 4. The van der Waals surface area contributed by atoms with Crippen molar-refractivity contribution in [3.63, 3.8) is 0 Å².